The van der Waals surface area contributed by atoms with Gasteiger partial charge in [-0.05, 0) is 42.3 Å². The van der Waals surface area contributed by atoms with Gasteiger partial charge in [0.1, 0.15) is 5.75 Å². The minimum absolute atomic E-state index is 0.138. The lowest BCUT2D eigenvalue weighted by Gasteiger charge is -2.22. The quantitative estimate of drug-likeness (QED) is 0.287. The van der Waals surface area contributed by atoms with Gasteiger partial charge in [0.05, 0.1) is 29.9 Å². The first-order valence-electron chi connectivity index (χ1n) is 11.6. The number of methoxy groups -OCH3 is 1. The molecule has 0 aliphatic rings. The molecule has 0 unspecified atom stereocenters. The topological polar surface area (TPSA) is 101 Å². The van der Waals surface area contributed by atoms with Crippen molar-refractivity contribution in [1.82, 2.24) is 9.29 Å². The van der Waals surface area contributed by atoms with Crippen molar-refractivity contribution in [3.8, 4) is 17.0 Å². The highest BCUT2D eigenvalue weighted by Gasteiger charge is 2.27. The molecule has 8 nitrogen and oxygen atoms in total. The number of amides is 1. The van der Waals surface area contributed by atoms with Crippen molar-refractivity contribution in [2.75, 3.05) is 37.9 Å². The second-order valence-electron chi connectivity index (χ2n) is 8.14. The molecule has 4 rings (SSSR count). The van der Waals surface area contributed by atoms with Gasteiger partial charge in [0, 0.05) is 24.5 Å². The lowest BCUT2D eigenvalue weighted by molar-refractivity contribution is -0.116. The third-order valence-electron chi connectivity index (χ3n) is 5.68. The van der Waals surface area contributed by atoms with E-state index in [4.69, 9.17) is 4.74 Å². The lowest BCUT2D eigenvalue weighted by atomic mass is 10.1. The van der Waals surface area contributed by atoms with E-state index >= 15 is 0 Å². The van der Waals surface area contributed by atoms with Gasteiger partial charge in [0.2, 0.25) is 15.9 Å². The van der Waals surface area contributed by atoms with Gasteiger partial charge in [-0.2, -0.15) is 4.31 Å². The third-order valence-corrected chi connectivity index (χ3v) is 8.40. The molecule has 0 fully saturated rings. The predicted molar refractivity (Wildman–Crippen MR) is 148 cm³/mol. The highest BCUT2D eigenvalue weighted by atomic mass is 32.2. The van der Waals surface area contributed by atoms with E-state index in [-0.39, 0.29) is 18.0 Å². The fraction of sp³-hybridized carbons (Fsp3) is 0.185. The van der Waals surface area contributed by atoms with Crippen molar-refractivity contribution < 1.29 is 17.9 Å². The summed E-state index contributed by atoms with van der Waals surface area (Å²) in [6, 6.07) is 23.1. The zero-order valence-electron chi connectivity index (χ0n) is 20.5. The fourth-order valence-corrected chi connectivity index (χ4v) is 5.86. The number of rotatable bonds is 11. The fourth-order valence-electron chi connectivity index (χ4n) is 3.76. The van der Waals surface area contributed by atoms with Crippen molar-refractivity contribution in [1.29, 1.82) is 0 Å². The van der Waals surface area contributed by atoms with E-state index < -0.39 is 15.9 Å². The van der Waals surface area contributed by atoms with Gasteiger partial charge in [-0.1, -0.05) is 48.5 Å². The Labute approximate surface area is 221 Å². The Morgan fingerprint density at radius 1 is 1.03 bits per heavy atom. The van der Waals surface area contributed by atoms with Crippen molar-refractivity contribution in [2.24, 2.45) is 0 Å². The normalized spacial score (nSPS) is 11.3. The molecule has 0 atom stereocenters. The molecule has 1 heterocycles. The molecule has 2 N–H and O–H groups in total. The van der Waals surface area contributed by atoms with Crippen molar-refractivity contribution in [2.45, 2.75) is 11.3 Å². The molecule has 192 valence electrons. The van der Waals surface area contributed by atoms with Gasteiger partial charge in [0.15, 0.2) is 5.13 Å². The monoisotopic (exact) mass is 536 g/mol. The van der Waals surface area contributed by atoms with E-state index in [1.54, 1.807) is 37.4 Å². The van der Waals surface area contributed by atoms with E-state index in [9.17, 15) is 13.2 Å². The summed E-state index contributed by atoms with van der Waals surface area (Å²) in [6.07, 6.45) is 0.469. The first-order chi connectivity index (χ1) is 17.9. The van der Waals surface area contributed by atoms with Crippen LogP contribution in [0.3, 0.4) is 0 Å². The van der Waals surface area contributed by atoms with Gasteiger partial charge < -0.3 is 15.4 Å². The zero-order valence-corrected chi connectivity index (χ0v) is 22.2. The van der Waals surface area contributed by atoms with Crippen LogP contribution in [0.4, 0.5) is 10.8 Å². The predicted octanol–water partition coefficient (Wildman–Crippen LogP) is 4.73. The summed E-state index contributed by atoms with van der Waals surface area (Å²) in [7, 11) is -0.586. The largest absolute Gasteiger partial charge is 0.495 e. The van der Waals surface area contributed by atoms with Crippen LogP contribution in [0.2, 0.25) is 0 Å². The number of carbonyl (C=O) groups excluding carboxylic acids is 1. The Balaban J connectivity index is 1.57. The molecule has 0 aliphatic carbocycles. The highest BCUT2D eigenvalue weighted by Crippen LogP contribution is 2.32. The Kier molecular flexibility index (Phi) is 8.54. The van der Waals surface area contributed by atoms with Crippen molar-refractivity contribution in [3.63, 3.8) is 0 Å². The average molecular weight is 537 g/mol. The molecular formula is C27H28N4O4S2. The molecule has 0 bridgehead atoms. The maximum atomic E-state index is 13.4. The van der Waals surface area contributed by atoms with Crippen LogP contribution in [0.5, 0.6) is 5.75 Å². The number of thiazole rings is 1. The molecular weight excluding hydrogens is 508 g/mol. The Morgan fingerprint density at radius 2 is 1.73 bits per heavy atom. The second-order valence-corrected chi connectivity index (χ2v) is 10.9. The number of aromatic nitrogens is 1. The van der Waals surface area contributed by atoms with Gasteiger partial charge in [-0.3, -0.25) is 4.79 Å². The van der Waals surface area contributed by atoms with Crippen LogP contribution < -0.4 is 15.4 Å². The second kappa shape index (κ2) is 12.0. The minimum Gasteiger partial charge on any atom is -0.495 e. The molecule has 1 aromatic heterocycles. The van der Waals surface area contributed by atoms with E-state index in [1.807, 2.05) is 41.8 Å². The molecule has 3 aromatic carbocycles. The summed E-state index contributed by atoms with van der Waals surface area (Å²) in [4.78, 5) is 17.8. The summed E-state index contributed by atoms with van der Waals surface area (Å²) in [5.74, 6) is -0.0138. The smallest absolute Gasteiger partial charge is 0.243 e. The molecule has 4 aromatic rings. The molecule has 10 heteroatoms. The molecule has 0 saturated carbocycles. The van der Waals surface area contributed by atoms with Crippen LogP contribution in [0.15, 0.2) is 89.1 Å². The summed E-state index contributed by atoms with van der Waals surface area (Å²) in [5.41, 5.74) is 2.97. The number of nitrogens with zero attached hydrogens (tertiary/aromatic N) is 2. The Bertz CT molecular complexity index is 1440. The molecule has 0 aliphatic heterocycles. The lowest BCUT2D eigenvalue weighted by Crippen LogP contribution is -2.39. The number of hydrogen-bond acceptors (Lipinski definition) is 7. The van der Waals surface area contributed by atoms with Crippen LogP contribution in [0.25, 0.3) is 11.3 Å². The summed E-state index contributed by atoms with van der Waals surface area (Å²) >= 11 is 1.47. The van der Waals surface area contributed by atoms with E-state index in [0.717, 1.165) is 22.0 Å². The highest BCUT2D eigenvalue weighted by molar-refractivity contribution is 7.89. The average Bonchev–Trinajstić information content (AvgIpc) is 3.41. The van der Waals surface area contributed by atoms with Crippen LogP contribution in [-0.4, -0.2) is 50.9 Å². The van der Waals surface area contributed by atoms with Gasteiger partial charge in [0.25, 0.3) is 0 Å². The standard InChI is InChI=1S/C27H28N4O4S2/c1-28-27-30-24(19-36-27)21-13-14-25(35-2)23(17-21)29-26(32)18-31(16-15-20-9-5-3-6-10-20)37(33,34)22-11-7-4-8-12-22/h3-14,17,19H,15-16,18H2,1-2H3,(H,28,30)(H,29,32). The number of hydrogen-bond donors (Lipinski definition) is 2. The van der Waals surface area contributed by atoms with Crippen LogP contribution >= 0.6 is 11.3 Å². The van der Waals surface area contributed by atoms with Gasteiger partial charge in [-0.15, -0.1) is 11.3 Å². The molecule has 0 radical (unpaired) electrons. The molecule has 37 heavy (non-hydrogen) atoms. The Morgan fingerprint density at radius 3 is 2.38 bits per heavy atom. The molecule has 0 spiro atoms. The van der Waals surface area contributed by atoms with E-state index in [2.05, 4.69) is 15.6 Å². The van der Waals surface area contributed by atoms with E-state index in [0.29, 0.717) is 17.9 Å². The van der Waals surface area contributed by atoms with Gasteiger partial charge >= 0.3 is 0 Å². The van der Waals surface area contributed by atoms with Crippen LogP contribution in [0.1, 0.15) is 5.56 Å². The Hall–Kier alpha value is -3.73. The zero-order chi connectivity index (χ0) is 26.3. The van der Waals surface area contributed by atoms with Crippen molar-refractivity contribution >= 4 is 38.1 Å². The first-order valence-corrected chi connectivity index (χ1v) is 13.9. The van der Waals surface area contributed by atoms with E-state index in [1.165, 1.54) is 34.9 Å². The number of anilines is 2. The van der Waals surface area contributed by atoms with Gasteiger partial charge in [-0.25, -0.2) is 13.4 Å². The van der Waals surface area contributed by atoms with Crippen LogP contribution in [-0.2, 0) is 21.2 Å². The number of benzene rings is 3. The maximum Gasteiger partial charge on any atom is 0.243 e. The van der Waals surface area contributed by atoms with Crippen molar-refractivity contribution in [3.05, 3.63) is 89.8 Å². The molecule has 0 saturated heterocycles. The number of ether oxygens (including phenoxy) is 1. The number of sulfonamides is 1. The summed E-state index contributed by atoms with van der Waals surface area (Å²) in [5, 5.41) is 8.53. The minimum atomic E-state index is -3.90. The number of carbonyl (C=O) groups is 1. The summed E-state index contributed by atoms with van der Waals surface area (Å²) < 4.78 is 33.5. The molecule has 1 amide bonds. The number of nitrogens with one attached hydrogen (secondary N) is 2. The third kappa shape index (κ3) is 6.53. The maximum absolute atomic E-state index is 13.4. The summed E-state index contributed by atoms with van der Waals surface area (Å²) in [6.45, 7) is -0.199. The SMILES string of the molecule is CNc1nc(-c2ccc(OC)c(NC(=O)CN(CCc3ccccc3)S(=O)(=O)c3ccccc3)c2)cs1. The van der Waals surface area contributed by atoms with Crippen LogP contribution in [0, 0.1) is 0 Å². The first kappa shape index (κ1) is 26.3.